The highest BCUT2D eigenvalue weighted by atomic mass is 79.9. The molecule has 0 unspecified atom stereocenters. The second-order valence-electron chi connectivity index (χ2n) is 7.49. The number of benzene rings is 3. The zero-order valence-electron chi connectivity index (χ0n) is 18.1. The molecular weight excluding hydrogens is 468 g/mol. The normalized spacial score (nSPS) is 14.6. The lowest BCUT2D eigenvalue weighted by molar-refractivity contribution is -0.114. The highest BCUT2D eigenvalue weighted by Crippen LogP contribution is 2.36. The quantitative estimate of drug-likeness (QED) is 0.389. The first-order chi connectivity index (χ1) is 15.5. The maximum absolute atomic E-state index is 13.0. The van der Waals surface area contributed by atoms with Crippen molar-refractivity contribution in [1.29, 1.82) is 0 Å². The van der Waals surface area contributed by atoms with Crippen LogP contribution in [0.15, 0.2) is 81.9 Å². The molecule has 1 aliphatic heterocycles. The third-order valence-electron chi connectivity index (χ3n) is 5.16. The van der Waals surface area contributed by atoms with E-state index in [2.05, 4.69) is 40.1 Å². The molecule has 0 fully saturated rings. The first-order valence-electron chi connectivity index (χ1n) is 10.2. The van der Waals surface area contributed by atoms with Crippen LogP contribution in [0, 0.1) is 6.92 Å². The number of ether oxygens (including phenoxy) is 2. The van der Waals surface area contributed by atoms with Crippen molar-refractivity contribution in [2.24, 2.45) is 5.10 Å². The van der Waals surface area contributed by atoms with E-state index in [1.54, 1.807) is 7.11 Å². The van der Waals surface area contributed by atoms with E-state index in [-0.39, 0.29) is 5.91 Å². The standard InChI is InChI=1S/C26H23BrN2O3/c1-17-9-11-19(12-10-17)16-32-25-15-23(27)20(14-24(25)31-3)13-22-18(2)28-29(26(22)30)21-7-5-4-6-8-21/h4-15H,16H2,1-3H3/b22-13+. The van der Waals surface area contributed by atoms with Crippen molar-refractivity contribution in [2.75, 3.05) is 12.1 Å². The largest absolute Gasteiger partial charge is 0.493 e. The summed E-state index contributed by atoms with van der Waals surface area (Å²) in [5.74, 6) is 1.04. The molecule has 6 heteroatoms. The number of aryl methyl sites for hydroxylation is 1. The Bertz CT molecular complexity index is 1200. The van der Waals surface area contributed by atoms with E-state index in [9.17, 15) is 4.79 Å². The molecule has 1 amide bonds. The first kappa shape index (κ1) is 21.8. The molecule has 5 nitrogen and oxygen atoms in total. The molecule has 0 saturated carbocycles. The Morgan fingerprint density at radius 1 is 1.00 bits per heavy atom. The monoisotopic (exact) mass is 490 g/mol. The number of carbonyl (C=O) groups is 1. The molecule has 0 saturated heterocycles. The van der Waals surface area contributed by atoms with E-state index in [0.29, 0.717) is 29.4 Å². The second kappa shape index (κ2) is 9.40. The molecule has 0 aliphatic carbocycles. The lowest BCUT2D eigenvalue weighted by Crippen LogP contribution is -2.21. The Morgan fingerprint density at radius 2 is 1.72 bits per heavy atom. The van der Waals surface area contributed by atoms with Gasteiger partial charge in [0.25, 0.3) is 5.91 Å². The van der Waals surface area contributed by atoms with Crippen molar-refractivity contribution in [2.45, 2.75) is 20.5 Å². The van der Waals surface area contributed by atoms with Gasteiger partial charge in [-0.1, -0.05) is 64.0 Å². The molecule has 32 heavy (non-hydrogen) atoms. The van der Waals surface area contributed by atoms with Crippen molar-refractivity contribution >= 4 is 39.3 Å². The summed E-state index contributed by atoms with van der Waals surface area (Å²) in [5.41, 5.74) is 5.00. The molecule has 3 aromatic carbocycles. The number of nitrogens with zero attached hydrogens (tertiary/aromatic N) is 2. The van der Waals surface area contributed by atoms with Crippen LogP contribution in [0.5, 0.6) is 11.5 Å². The van der Waals surface area contributed by atoms with Crippen LogP contribution in [-0.4, -0.2) is 18.7 Å². The fourth-order valence-corrected chi connectivity index (χ4v) is 3.80. The Morgan fingerprint density at radius 3 is 2.41 bits per heavy atom. The van der Waals surface area contributed by atoms with Gasteiger partial charge in [-0.15, -0.1) is 0 Å². The SMILES string of the molecule is COc1cc(/C=C2/C(=O)N(c3ccccc3)N=C2C)c(Br)cc1OCc1ccc(C)cc1. The van der Waals surface area contributed by atoms with Crippen LogP contribution in [0.2, 0.25) is 0 Å². The predicted molar refractivity (Wildman–Crippen MR) is 131 cm³/mol. The zero-order valence-corrected chi connectivity index (χ0v) is 19.7. The van der Waals surface area contributed by atoms with Crippen molar-refractivity contribution in [3.8, 4) is 11.5 Å². The van der Waals surface area contributed by atoms with Gasteiger partial charge < -0.3 is 9.47 Å². The number of hydrazone groups is 1. The summed E-state index contributed by atoms with van der Waals surface area (Å²) in [4.78, 5) is 13.0. The van der Waals surface area contributed by atoms with Crippen LogP contribution in [0.1, 0.15) is 23.6 Å². The number of carbonyl (C=O) groups excluding carboxylic acids is 1. The Labute approximate surface area is 196 Å². The van der Waals surface area contributed by atoms with E-state index in [4.69, 9.17) is 9.47 Å². The Kier molecular flexibility index (Phi) is 6.42. The molecule has 4 rings (SSSR count). The van der Waals surface area contributed by atoms with E-state index in [1.807, 2.05) is 67.6 Å². The average Bonchev–Trinajstić information content (AvgIpc) is 3.09. The minimum Gasteiger partial charge on any atom is -0.493 e. The van der Waals surface area contributed by atoms with Crippen LogP contribution < -0.4 is 14.5 Å². The molecule has 1 heterocycles. The number of methoxy groups -OCH3 is 1. The molecule has 0 bridgehead atoms. The topological polar surface area (TPSA) is 51.1 Å². The van der Waals surface area contributed by atoms with Crippen LogP contribution in [0.25, 0.3) is 6.08 Å². The minimum absolute atomic E-state index is 0.167. The molecule has 3 aromatic rings. The van der Waals surface area contributed by atoms with Crippen LogP contribution in [-0.2, 0) is 11.4 Å². The fourth-order valence-electron chi connectivity index (χ4n) is 3.36. The maximum atomic E-state index is 13.0. The van der Waals surface area contributed by atoms with Gasteiger partial charge in [0.15, 0.2) is 11.5 Å². The maximum Gasteiger partial charge on any atom is 0.280 e. The van der Waals surface area contributed by atoms with Gasteiger partial charge in [0, 0.05) is 4.47 Å². The van der Waals surface area contributed by atoms with Gasteiger partial charge in [-0.05, 0) is 55.3 Å². The average molecular weight is 491 g/mol. The van der Waals surface area contributed by atoms with Gasteiger partial charge in [0.1, 0.15) is 6.61 Å². The van der Waals surface area contributed by atoms with Gasteiger partial charge in [0.05, 0.1) is 24.1 Å². The Hall–Kier alpha value is -3.38. The number of hydrogen-bond acceptors (Lipinski definition) is 4. The molecule has 162 valence electrons. The summed E-state index contributed by atoms with van der Waals surface area (Å²) in [6.07, 6.45) is 1.82. The second-order valence-corrected chi connectivity index (χ2v) is 8.35. The van der Waals surface area contributed by atoms with Gasteiger partial charge in [-0.2, -0.15) is 10.1 Å². The van der Waals surface area contributed by atoms with Gasteiger partial charge in [0.2, 0.25) is 0 Å². The number of para-hydroxylation sites is 1. The number of hydrogen-bond donors (Lipinski definition) is 0. The molecule has 0 radical (unpaired) electrons. The van der Waals surface area contributed by atoms with E-state index >= 15 is 0 Å². The number of anilines is 1. The minimum atomic E-state index is -0.167. The summed E-state index contributed by atoms with van der Waals surface area (Å²) in [6.45, 7) is 4.31. The highest BCUT2D eigenvalue weighted by Gasteiger charge is 2.29. The third-order valence-corrected chi connectivity index (χ3v) is 5.85. The number of halogens is 1. The lowest BCUT2D eigenvalue weighted by Gasteiger charge is -2.14. The third kappa shape index (κ3) is 4.60. The summed E-state index contributed by atoms with van der Waals surface area (Å²) >= 11 is 3.61. The molecule has 0 atom stereocenters. The first-order valence-corrected chi connectivity index (χ1v) is 11.0. The summed E-state index contributed by atoms with van der Waals surface area (Å²) in [7, 11) is 1.60. The highest BCUT2D eigenvalue weighted by molar-refractivity contribution is 9.10. The number of rotatable bonds is 6. The summed E-state index contributed by atoms with van der Waals surface area (Å²) < 4.78 is 12.4. The van der Waals surface area contributed by atoms with Crippen LogP contribution in [0.3, 0.4) is 0 Å². The van der Waals surface area contributed by atoms with Crippen molar-refractivity contribution in [3.05, 3.63) is 93.5 Å². The van der Waals surface area contributed by atoms with Gasteiger partial charge >= 0.3 is 0 Å². The number of amides is 1. The lowest BCUT2D eigenvalue weighted by atomic mass is 10.1. The smallest absolute Gasteiger partial charge is 0.280 e. The van der Waals surface area contributed by atoms with E-state index < -0.39 is 0 Å². The molecule has 0 N–H and O–H groups in total. The molecular formula is C26H23BrN2O3. The van der Waals surface area contributed by atoms with Crippen LogP contribution in [0.4, 0.5) is 5.69 Å². The molecule has 0 spiro atoms. The van der Waals surface area contributed by atoms with E-state index in [0.717, 1.165) is 21.3 Å². The molecule has 0 aromatic heterocycles. The van der Waals surface area contributed by atoms with Gasteiger partial charge in [-0.25, -0.2) is 0 Å². The van der Waals surface area contributed by atoms with E-state index in [1.165, 1.54) is 10.6 Å². The molecule has 1 aliphatic rings. The van der Waals surface area contributed by atoms with Crippen molar-refractivity contribution in [1.82, 2.24) is 0 Å². The van der Waals surface area contributed by atoms with Crippen molar-refractivity contribution < 1.29 is 14.3 Å². The summed E-state index contributed by atoms with van der Waals surface area (Å²) in [6, 6.07) is 21.3. The summed E-state index contributed by atoms with van der Waals surface area (Å²) in [5, 5.41) is 5.86. The van der Waals surface area contributed by atoms with Gasteiger partial charge in [-0.3, -0.25) is 4.79 Å². The Balaban J connectivity index is 1.59. The fraction of sp³-hybridized carbons (Fsp3) is 0.154. The zero-order chi connectivity index (χ0) is 22.7. The van der Waals surface area contributed by atoms with Crippen molar-refractivity contribution in [3.63, 3.8) is 0 Å². The van der Waals surface area contributed by atoms with Crippen LogP contribution >= 0.6 is 15.9 Å². The predicted octanol–water partition coefficient (Wildman–Crippen LogP) is 6.15.